The highest BCUT2D eigenvalue weighted by Crippen LogP contribution is 2.40. The lowest BCUT2D eigenvalue weighted by Gasteiger charge is -2.36. The minimum Gasteiger partial charge on any atom is -0.379 e. The minimum absolute atomic E-state index is 0.129. The molecule has 0 radical (unpaired) electrons. The molecule has 12 heteroatoms. The molecule has 5 rings (SSSR count). The Morgan fingerprint density at radius 3 is 2.67 bits per heavy atom. The molecule has 3 fully saturated rings. The number of ether oxygens (including phenoxy) is 1. The van der Waals surface area contributed by atoms with Crippen molar-refractivity contribution in [2.24, 2.45) is 0 Å². The topological polar surface area (TPSA) is 130 Å². The maximum atomic E-state index is 13.3. The maximum Gasteiger partial charge on any atom is 0.273 e. The molecule has 11 nitrogen and oxygen atoms in total. The Labute approximate surface area is 211 Å². The van der Waals surface area contributed by atoms with Crippen molar-refractivity contribution in [1.29, 1.82) is 0 Å². The molecule has 0 unspecified atom stereocenters. The molecule has 0 bridgehead atoms. The van der Waals surface area contributed by atoms with E-state index in [0.29, 0.717) is 31.1 Å². The van der Waals surface area contributed by atoms with Crippen molar-refractivity contribution in [3.63, 3.8) is 0 Å². The van der Waals surface area contributed by atoms with E-state index >= 15 is 0 Å². The van der Waals surface area contributed by atoms with Crippen LogP contribution in [0.5, 0.6) is 0 Å². The van der Waals surface area contributed by atoms with Crippen LogP contribution in [-0.4, -0.2) is 91.7 Å². The van der Waals surface area contributed by atoms with Crippen molar-refractivity contribution < 1.29 is 22.5 Å². The number of aromatic nitrogens is 2. The van der Waals surface area contributed by atoms with Gasteiger partial charge in [-0.3, -0.25) is 9.69 Å². The molecule has 36 heavy (non-hydrogen) atoms. The molecule has 196 valence electrons. The fourth-order valence-corrected chi connectivity index (χ4v) is 6.40. The van der Waals surface area contributed by atoms with Crippen molar-refractivity contribution in [3.8, 4) is 0 Å². The second-order valence-electron chi connectivity index (χ2n) is 9.81. The van der Waals surface area contributed by atoms with Gasteiger partial charge in [0.2, 0.25) is 10.0 Å². The monoisotopic (exact) mass is 518 g/mol. The Hall–Kier alpha value is -2.54. The van der Waals surface area contributed by atoms with E-state index in [1.807, 2.05) is 6.92 Å². The predicted octanol–water partition coefficient (Wildman–Crippen LogP) is 1.66. The highest BCUT2D eigenvalue weighted by molar-refractivity contribution is 7.89. The summed E-state index contributed by atoms with van der Waals surface area (Å²) in [4.78, 5) is 19.4. The highest BCUT2D eigenvalue weighted by atomic mass is 32.2. The van der Waals surface area contributed by atoms with Gasteiger partial charge in [-0.1, -0.05) is 5.16 Å². The molecule has 2 N–H and O–H groups in total. The van der Waals surface area contributed by atoms with Crippen molar-refractivity contribution in [2.45, 2.75) is 55.5 Å². The van der Waals surface area contributed by atoms with Crippen molar-refractivity contribution in [1.82, 2.24) is 24.7 Å². The van der Waals surface area contributed by atoms with Crippen LogP contribution in [0.15, 0.2) is 33.8 Å². The molecule has 2 aliphatic heterocycles. The second-order valence-corrected chi connectivity index (χ2v) is 11.7. The van der Waals surface area contributed by atoms with Gasteiger partial charge < -0.3 is 19.9 Å². The lowest BCUT2D eigenvalue weighted by atomic mass is 10.0. The Kier molecular flexibility index (Phi) is 7.56. The Bertz CT molecular complexity index is 1140. The summed E-state index contributed by atoms with van der Waals surface area (Å²) in [5.74, 6) is 1.53. The average Bonchev–Trinajstić information content (AvgIpc) is 3.61. The molecule has 0 aromatic carbocycles. The molecule has 3 aliphatic rings. The van der Waals surface area contributed by atoms with Crippen LogP contribution in [0.25, 0.3) is 0 Å². The number of nitrogens with zero attached hydrogens (tertiary/aromatic N) is 4. The average molecular weight is 519 g/mol. The number of sulfonamides is 1. The van der Waals surface area contributed by atoms with Gasteiger partial charge >= 0.3 is 0 Å². The zero-order valence-electron chi connectivity index (χ0n) is 20.6. The smallest absolute Gasteiger partial charge is 0.273 e. The number of hydrogen-bond acceptors (Lipinski definition) is 9. The molecule has 1 aliphatic carbocycles. The number of nitrogens with one attached hydrogen (secondary N) is 2. The second kappa shape index (κ2) is 10.8. The molecule has 2 aromatic rings. The lowest BCUT2D eigenvalue weighted by Crippen LogP contribution is -2.50. The summed E-state index contributed by atoms with van der Waals surface area (Å²) in [6.07, 6.45) is 4.61. The zero-order valence-corrected chi connectivity index (χ0v) is 21.4. The van der Waals surface area contributed by atoms with Crippen LogP contribution in [-0.2, 0) is 14.8 Å². The molecular weight excluding hydrogens is 484 g/mol. The molecule has 1 amide bonds. The van der Waals surface area contributed by atoms with Gasteiger partial charge in [-0.2, -0.15) is 4.31 Å². The van der Waals surface area contributed by atoms with Gasteiger partial charge in [0.15, 0.2) is 5.69 Å². The fourth-order valence-electron chi connectivity index (χ4n) is 4.79. The van der Waals surface area contributed by atoms with E-state index in [0.717, 1.165) is 58.0 Å². The van der Waals surface area contributed by atoms with E-state index in [1.165, 1.54) is 10.5 Å². The molecule has 4 heterocycles. The first-order valence-electron chi connectivity index (χ1n) is 12.7. The number of amides is 1. The summed E-state index contributed by atoms with van der Waals surface area (Å²) in [7, 11) is -3.69. The summed E-state index contributed by atoms with van der Waals surface area (Å²) in [5, 5.41) is 10.1. The summed E-state index contributed by atoms with van der Waals surface area (Å²) in [5.41, 5.74) is 0.282. The standard InChI is InChI=1S/C24H34N6O5S/c1-17-14-19(27-24(31)21-15-22(35-28-21)18-2-3-18)6-8-30(17)36(32,33)20-4-5-23(26-16-20)25-7-9-29-10-12-34-13-11-29/h4-5,15-19H,2-3,6-14H2,1H3,(H,25,26)(H,27,31)/t17-,19+/m0/s1. The fraction of sp³-hybridized carbons (Fsp3) is 0.625. The van der Waals surface area contributed by atoms with E-state index in [-0.39, 0.29) is 28.6 Å². The Balaban J connectivity index is 1.12. The van der Waals surface area contributed by atoms with Gasteiger partial charge in [0.1, 0.15) is 16.5 Å². The molecule has 0 spiro atoms. The first kappa shape index (κ1) is 25.1. The van der Waals surface area contributed by atoms with Gasteiger partial charge in [-0.05, 0) is 44.7 Å². The van der Waals surface area contributed by atoms with Crippen LogP contribution >= 0.6 is 0 Å². The number of hydrogen-bond donors (Lipinski definition) is 2. The quantitative estimate of drug-likeness (QED) is 0.509. The Morgan fingerprint density at radius 2 is 1.97 bits per heavy atom. The third kappa shape index (κ3) is 5.88. The van der Waals surface area contributed by atoms with Crippen LogP contribution in [0.2, 0.25) is 0 Å². The van der Waals surface area contributed by atoms with Gasteiger partial charge in [0, 0.05) is 63.0 Å². The first-order valence-corrected chi connectivity index (χ1v) is 14.1. The SMILES string of the molecule is C[C@H]1C[C@H](NC(=O)c2cc(C3CC3)on2)CCN1S(=O)(=O)c1ccc(NCCN2CCOCC2)nc1. The summed E-state index contributed by atoms with van der Waals surface area (Å²) in [6, 6.07) is 4.63. The number of carbonyl (C=O) groups excluding carboxylic acids is 1. The normalized spacial score (nSPS) is 23.9. The number of carbonyl (C=O) groups is 1. The van der Waals surface area contributed by atoms with Gasteiger partial charge in [0.05, 0.1) is 13.2 Å². The largest absolute Gasteiger partial charge is 0.379 e. The van der Waals surface area contributed by atoms with Crippen LogP contribution in [0.3, 0.4) is 0 Å². The van der Waals surface area contributed by atoms with Crippen LogP contribution in [0.1, 0.15) is 54.8 Å². The van der Waals surface area contributed by atoms with Crippen LogP contribution in [0.4, 0.5) is 5.82 Å². The third-order valence-corrected chi connectivity index (χ3v) is 9.07. The maximum absolute atomic E-state index is 13.3. The van der Waals surface area contributed by atoms with Gasteiger partial charge in [-0.25, -0.2) is 13.4 Å². The van der Waals surface area contributed by atoms with E-state index < -0.39 is 10.0 Å². The number of morpholine rings is 1. The molecule has 2 aromatic heterocycles. The molecule has 2 atom stereocenters. The van der Waals surface area contributed by atoms with Crippen LogP contribution < -0.4 is 10.6 Å². The number of anilines is 1. The summed E-state index contributed by atoms with van der Waals surface area (Å²) >= 11 is 0. The Morgan fingerprint density at radius 1 is 1.17 bits per heavy atom. The van der Waals surface area contributed by atoms with Crippen molar-refractivity contribution in [3.05, 3.63) is 35.9 Å². The van der Waals surface area contributed by atoms with E-state index in [2.05, 4.69) is 25.7 Å². The summed E-state index contributed by atoms with van der Waals surface area (Å²) in [6.45, 7) is 7.16. The minimum atomic E-state index is -3.69. The number of pyridine rings is 1. The molecular formula is C24H34N6O5S. The van der Waals surface area contributed by atoms with E-state index in [4.69, 9.17) is 9.26 Å². The van der Waals surface area contributed by atoms with Gasteiger partial charge in [-0.15, -0.1) is 0 Å². The number of rotatable bonds is 9. The first-order chi connectivity index (χ1) is 17.4. The van der Waals surface area contributed by atoms with Crippen LogP contribution in [0, 0.1) is 0 Å². The third-order valence-electron chi connectivity index (χ3n) is 7.07. The molecule has 2 saturated heterocycles. The lowest BCUT2D eigenvalue weighted by molar-refractivity contribution is 0.0398. The predicted molar refractivity (Wildman–Crippen MR) is 132 cm³/mol. The van der Waals surface area contributed by atoms with Crippen molar-refractivity contribution in [2.75, 3.05) is 51.3 Å². The molecule has 1 saturated carbocycles. The van der Waals surface area contributed by atoms with Gasteiger partial charge in [0.25, 0.3) is 5.91 Å². The van der Waals surface area contributed by atoms with E-state index in [1.54, 1.807) is 18.2 Å². The highest BCUT2D eigenvalue weighted by Gasteiger charge is 2.36. The zero-order chi connectivity index (χ0) is 25.1. The van der Waals surface area contributed by atoms with Crippen molar-refractivity contribution >= 4 is 21.7 Å². The number of piperidine rings is 1. The summed E-state index contributed by atoms with van der Waals surface area (Å²) < 4.78 is 38.7. The van der Waals surface area contributed by atoms with E-state index in [9.17, 15) is 13.2 Å².